The van der Waals surface area contributed by atoms with Gasteiger partial charge < -0.3 is 10.1 Å². The van der Waals surface area contributed by atoms with E-state index in [9.17, 15) is 13.6 Å². The average molecular weight is 257 g/mol. The molecular formula is C13H17F2NO2. The van der Waals surface area contributed by atoms with Gasteiger partial charge in [0.1, 0.15) is 6.10 Å². The predicted octanol–water partition coefficient (Wildman–Crippen LogP) is 2.51. The molecular weight excluding hydrogens is 240 g/mol. The van der Waals surface area contributed by atoms with Gasteiger partial charge in [-0.25, -0.2) is 13.6 Å². The molecule has 0 aliphatic rings. The van der Waals surface area contributed by atoms with E-state index in [2.05, 4.69) is 5.32 Å². The minimum atomic E-state index is -1.05. The van der Waals surface area contributed by atoms with E-state index in [-0.39, 0.29) is 11.7 Å². The molecule has 0 aliphatic heterocycles. The molecule has 1 aromatic rings. The topological polar surface area (TPSA) is 38.3 Å². The first-order valence-electron chi connectivity index (χ1n) is 5.91. The molecule has 0 radical (unpaired) electrons. The van der Waals surface area contributed by atoms with E-state index in [1.54, 1.807) is 6.92 Å². The van der Waals surface area contributed by atoms with Crippen molar-refractivity contribution in [1.29, 1.82) is 0 Å². The Morgan fingerprint density at radius 1 is 1.39 bits per heavy atom. The molecule has 0 spiro atoms. The van der Waals surface area contributed by atoms with Crippen LogP contribution < -0.4 is 5.32 Å². The highest BCUT2D eigenvalue weighted by Crippen LogP contribution is 2.10. The lowest BCUT2D eigenvalue weighted by atomic mass is 10.2. The molecule has 0 bridgehead atoms. The van der Waals surface area contributed by atoms with Crippen LogP contribution in [0, 0.1) is 11.6 Å². The number of carbonyl (C=O) groups is 1. The summed E-state index contributed by atoms with van der Waals surface area (Å²) in [4.78, 5) is 11.6. The number of nitrogens with one attached hydrogen (secondary N) is 1. The molecule has 3 nitrogen and oxygen atoms in total. The largest absolute Gasteiger partial charge is 0.458 e. The summed E-state index contributed by atoms with van der Waals surface area (Å²) < 4.78 is 30.7. The van der Waals surface area contributed by atoms with Gasteiger partial charge in [0.25, 0.3) is 0 Å². The standard InChI is InChI=1S/C13H17F2NO2/c1-3-6-16-8-9(2)18-13(17)10-4-5-11(14)12(15)7-10/h4-5,7,9,16H,3,6,8H2,1-2H3. The first kappa shape index (κ1) is 14.6. The molecule has 5 heteroatoms. The van der Waals surface area contributed by atoms with Crippen molar-refractivity contribution in [3.63, 3.8) is 0 Å². The fourth-order valence-electron chi connectivity index (χ4n) is 1.40. The fourth-order valence-corrected chi connectivity index (χ4v) is 1.40. The monoisotopic (exact) mass is 257 g/mol. The maximum Gasteiger partial charge on any atom is 0.338 e. The summed E-state index contributed by atoms with van der Waals surface area (Å²) >= 11 is 0. The Bertz CT molecular complexity index is 410. The first-order chi connectivity index (χ1) is 8.54. The summed E-state index contributed by atoms with van der Waals surface area (Å²) in [6.07, 6.45) is 0.668. The van der Waals surface area contributed by atoms with Crippen LogP contribution in [0.25, 0.3) is 0 Å². The summed E-state index contributed by atoms with van der Waals surface area (Å²) in [6.45, 7) is 5.14. The zero-order chi connectivity index (χ0) is 13.5. The number of carbonyl (C=O) groups excluding carboxylic acids is 1. The SMILES string of the molecule is CCCNCC(C)OC(=O)c1ccc(F)c(F)c1. The second-order valence-corrected chi connectivity index (χ2v) is 4.05. The number of hydrogen-bond donors (Lipinski definition) is 1. The van der Waals surface area contributed by atoms with E-state index in [1.807, 2.05) is 6.92 Å². The summed E-state index contributed by atoms with van der Waals surface area (Å²) in [5.41, 5.74) is 0.0104. The van der Waals surface area contributed by atoms with Crippen molar-refractivity contribution < 1.29 is 18.3 Å². The molecule has 1 atom stereocenters. The molecule has 0 aromatic heterocycles. The molecule has 0 saturated carbocycles. The molecule has 1 N–H and O–H groups in total. The second kappa shape index (κ2) is 7.06. The van der Waals surface area contributed by atoms with Crippen LogP contribution in [0.5, 0.6) is 0 Å². The second-order valence-electron chi connectivity index (χ2n) is 4.05. The number of halogens is 2. The Labute approximate surface area is 105 Å². The van der Waals surface area contributed by atoms with Gasteiger partial charge >= 0.3 is 5.97 Å². The highest BCUT2D eigenvalue weighted by Gasteiger charge is 2.13. The van der Waals surface area contributed by atoms with Crippen molar-refractivity contribution in [3.8, 4) is 0 Å². The number of ether oxygens (including phenoxy) is 1. The lowest BCUT2D eigenvalue weighted by Crippen LogP contribution is -2.29. The zero-order valence-corrected chi connectivity index (χ0v) is 10.5. The number of rotatable bonds is 6. The summed E-state index contributed by atoms with van der Waals surface area (Å²) in [6, 6.07) is 2.95. The van der Waals surface area contributed by atoms with E-state index in [4.69, 9.17) is 4.74 Å². The van der Waals surface area contributed by atoms with Gasteiger partial charge in [0.15, 0.2) is 11.6 Å². The van der Waals surface area contributed by atoms with Gasteiger partial charge in [-0.05, 0) is 38.1 Å². The molecule has 0 heterocycles. The molecule has 1 unspecified atom stereocenters. The quantitative estimate of drug-likeness (QED) is 0.628. The van der Waals surface area contributed by atoms with Crippen molar-refractivity contribution in [2.45, 2.75) is 26.4 Å². The third kappa shape index (κ3) is 4.41. The molecule has 0 fully saturated rings. The van der Waals surface area contributed by atoms with Gasteiger partial charge in [-0.2, -0.15) is 0 Å². The van der Waals surface area contributed by atoms with E-state index < -0.39 is 17.6 Å². The van der Waals surface area contributed by atoms with E-state index in [0.717, 1.165) is 25.1 Å². The average Bonchev–Trinajstić information content (AvgIpc) is 2.33. The highest BCUT2D eigenvalue weighted by molar-refractivity contribution is 5.89. The third-order valence-corrected chi connectivity index (χ3v) is 2.32. The van der Waals surface area contributed by atoms with Crippen LogP contribution in [0.1, 0.15) is 30.6 Å². The maximum atomic E-state index is 12.9. The van der Waals surface area contributed by atoms with E-state index >= 15 is 0 Å². The van der Waals surface area contributed by atoms with Crippen LogP contribution in [0.4, 0.5) is 8.78 Å². The van der Waals surface area contributed by atoms with Crippen molar-refractivity contribution in [2.75, 3.05) is 13.1 Å². The first-order valence-corrected chi connectivity index (χ1v) is 5.91. The van der Waals surface area contributed by atoms with Gasteiger partial charge in [-0.3, -0.25) is 0 Å². The van der Waals surface area contributed by atoms with Gasteiger partial charge in [0.2, 0.25) is 0 Å². The van der Waals surface area contributed by atoms with Crippen LogP contribution in [0.2, 0.25) is 0 Å². The zero-order valence-electron chi connectivity index (χ0n) is 10.5. The molecule has 0 saturated heterocycles. The van der Waals surface area contributed by atoms with Gasteiger partial charge in [0.05, 0.1) is 5.56 Å². The van der Waals surface area contributed by atoms with Gasteiger partial charge in [-0.1, -0.05) is 6.92 Å². The van der Waals surface area contributed by atoms with Crippen LogP contribution >= 0.6 is 0 Å². The minimum Gasteiger partial charge on any atom is -0.458 e. The number of benzene rings is 1. The smallest absolute Gasteiger partial charge is 0.338 e. The summed E-state index contributed by atoms with van der Waals surface area (Å²) in [5.74, 6) is -2.69. The van der Waals surface area contributed by atoms with E-state index in [0.29, 0.717) is 6.54 Å². The lowest BCUT2D eigenvalue weighted by Gasteiger charge is -2.13. The summed E-state index contributed by atoms with van der Waals surface area (Å²) in [7, 11) is 0. The molecule has 100 valence electrons. The van der Waals surface area contributed by atoms with Crippen molar-refractivity contribution >= 4 is 5.97 Å². The highest BCUT2D eigenvalue weighted by atomic mass is 19.2. The van der Waals surface area contributed by atoms with Crippen molar-refractivity contribution in [1.82, 2.24) is 5.32 Å². The van der Waals surface area contributed by atoms with Gasteiger partial charge in [-0.15, -0.1) is 0 Å². The fraction of sp³-hybridized carbons (Fsp3) is 0.462. The Balaban J connectivity index is 2.51. The van der Waals surface area contributed by atoms with Crippen molar-refractivity contribution in [2.24, 2.45) is 0 Å². The predicted molar refractivity (Wildman–Crippen MR) is 64.4 cm³/mol. The van der Waals surface area contributed by atoms with Crippen LogP contribution in [-0.2, 0) is 4.74 Å². The Hall–Kier alpha value is -1.49. The van der Waals surface area contributed by atoms with Gasteiger partial charge in [0, 0.05) is 6.54 Å². The Kier molecular flexibility index (Phi) is 5.71. The normalized spacial score (nSPS) is 12.2. The summed E-state index contributed by atoms with van der Waals surface area (Å²) in [5, 5.41) is 3.10. The van der Waals surface area contributed by atoms with Crippen LogP contribution in [0.3, 0.4) is 0 Å². The van der Waals surface area contributed by atoms with E-state index in [1.165, 1.54) is 6.07 Å². The lowest BCUT2D eigenvalue weighted by molar-refractivity contribution is 0.0342. The van der Waals surface area contributed by atoms with Crippen LogP contribution in [-0.4, -0.2) is 25.2 Å². The minimum absolute atomic E-state index is 0.0104. The molecule has 1 rings (SSSR count). The Morgan fingerprint density at radius 2 is 2.11 bits per heavy atom. The number of hydrogen-bond acceptors (Lipinski definition) is 3. The maximum absolute atomic E-state index is 12.9. The molecule has 1 aromatic carbocycles. The third-order valence-electron chi connectivity index (χ3n) is 2.32. The van der Waals surface area contributed by atoms with Crippen LogP contribution in [0.15, 0.2) is 18.2 Å². The molecule has 0 aliphatic carbocycles. The number of esters is 1. The molecule has 18 heavy (non-hydrogen) atoms. The van der Waals surface area contributed by atoms with Crippen molar-refractivity contribution in [3.05, 3.63) is 35.4 Å². The molecule has 0 amide bonds. The Morgan fingerprint density at radius 3 is 2.72 bits per heavy atom.